The highest BCUT2D eigenvalue weighted by Crippen LogP contribution is 1.68. The van der Waals surface area contributed by atoms with Crippen molar-refractivity contribution in [1.82, 2.24) is 5.32 Å². The number of aliphatic carboxylic acids is 1. The van der Waals surface area contributed by atoms with Gasteiger partial charge < -0.3 is 10.4 Å². The molecule has 2 N–H and O–H groups in total. The van der Waals surface area contributed by atoms with Crippen molar-refractivity contribution < 1.29 is 14.7 Å². The van der Waals surface area contributed by atoms with Crippen LogP contribution in [0, 0.1) is 0 Å². The third kappa shape index (κ3) is 6.68. The lowest BCUT2D eigenvalue weighted by molar-refractivity contribution is -0.131. The van der Waals surface area contributed by atoms with Gasteiger partial charge >= 0.3 is 12.4 Å². The largest absolute Gasteiger partial charge is 0.478 e. The van der Waals surface area contributed by atoms with Crippen molar-refractivity contribution in [2.45, 2.75) is 0 Å². The molecule has 0 bridgehead atoms. The highest BCUT2D eigenvalue weighted by atomic mass is 16.4. The molecule has 9 heavy (non-hydrogen) atoms. The van der Waals surface area contributed by atoms with Crippen LogP contribution in [0.15, 0.2) is 12.2 Å². The number of nitrogens with one attached hydrogen (secondary N) is 1. The molecule has 4 nitrogen and oxygen atoms in total. The Kier molecular flexibility index (Phi) is 4.12. The van der Waals surface area contributed by atoms with E-state index in [1.165, 1.54) is 12.5 Å². The minimum atomic E-state index is -1.03. The van der Waals surface area contributed by atoms with Gasteiger partial charge in [0.05, 0.1) is 0 Å². The van der Waals surface area contributed by atoms with E-state index in [0.717, 1.165) is 6.08 Å². The summed E-state index contributed by atoms with van der Waals surface area (Å²) in [5.74, 6) is -1.03. The van der Waals surface area contributed by atoms with Crippen molar-refractivity contribution in [3.63, 3.8) is 0 Å². The normalized spacial score (nSPS) is 9.33. The molecule has 0 aromatic rings. The first-order chi connectivity index (χ1) is 4.27. The number of hydrogen-bond donors (Lipinski definition) is 2. The van der Waals surface area contributed by atoms with Gasteiger partial charge in [0.1, 0.15) is 0 Å². The Hall–Kier alpha value is -1.32. The Morgan fingerprint density at radius 3 is 2.89 bits per heavy atom. The van der Waals surface area contributed by atoms with Crippen molar-refractivity contribution in [3.8, 4) is 0 Å². The first-order valence-corrected chi connectivity index (χ1v) is 2.27. The molecule has 0 heterocycles. The van der Waals surface area contributed by atoms with Gasteiger partial charge in [-0.1, -0.05) is 6.08 Å². The van der Waals surface area contributed by atoms with Crippen LogP contribution in [0.4, 0.5) is 0 Å². The second kappa shape index (κ2) is 4.83. The van der Waals surface area contributed by atoms with Crippen LogP contribution in [0.25, 0.3) is 0 Å². The Bertz CT molecular complexity index is 130. The first-order valence-electron chi connectivity index (χ1n) is 2.27. The fraction of sp³-hybridized carbons (Fsp3) is 0.200. The summed E-state index contributed by atoms with van der Waals surface area (Å²) in [7, 11) is 0. The lowest BCUT2D eigenvalue weighted by Crippen LogP contribution is -2.09. The van der Waals surface area contributed by atoms with Gasteiger partial charge in [0, 0.05) is 12.6 Å². The molecule has 0 aromatic carbocycles. The molecule has 0 aromatic heterocycles. The predicted molar refractivity (Wildman–Crippen MR) is 30.5 cm³/mol. The lowest BCUT2D eigenvalue weighted by Gasteiger charge is -1.83. The Morgan fingerprint density at radius 1 is 1.78 bits per heavy atom. The molecule has 0 rings (SSSR count). The van der Waals surface area contributed by atoms with Crippen LogP contribution >= 0.6 is 0 Å². The van der Waals surface area contributed by atoms with Crippen LogP contribution in [0.2, 0.25) is 0 Å². The molecule has 0 atom stereocenters. The minimum Gasteiger partial charge on any atom is -0.478 e. The van der Waals surface area contributed by atoms with E-state index in [4.69, 9.17) is 5.11 Å². The topological polar surface area (TPSA) is 66.4 Å². The Labute approximate surface area is 52.2 Å². The monoisotopic (exact) mass is 128 g/mol. The Balaban J connectivity index is 3.24. The van der Waals surface area contributed by atoms with Gasteiger partial charge in [-0.3, -0.25) is 4.79 Å². The second-order valence-corrected chi connectivity index (χ2v) is 1.22. The third-order valence-corrected chi connectivity index (χ3v) is 0.553. The summed E-state index contributed by atoms with van der Waals surface area (Å²) in [4.78, 5) is 19.2. The molecule has 4 heteroatoms. The number of hydrogen-bond acceptors (Lipinski definition) is 2. The molecular weight excluding hydrogens is 122 g/mol. The van der Waals surface area contributed by atoms with Gasteiger partial charge in [-0.2, -0.15) is 0 Å². The molecule has 0 aliphatic carbocycles. The molecule has 0 unspecified atom stereocenters. The summed E-state index contributed by atoms with van der Waals surface area (Å²) in [6.07, 6.45) is 3.66. The lowest BCUT2D eigenvalue weighted by atomic mass is 10.5. The smallest absolute Gasteiger partial charge is 0.328 e. The van der Waals surface area contributed by atoms with E-state index in [2.05, 4.69) is 5.32 Å². The summed E-state index contributed by atoms with van der Waals surface area (Å²) < 4.78 is 0. The van der Waals surface area contributed by atoms with Crippen molar-refractivity contribution in [3.05, 3.63) is 12.2 Å². The van der Waals surface area contributed by atoms with Crippen LogP contribution in [-0.2, 0) is 9.59 Å². The van der Waals surface area contributed by atoms with E-state index >= 15 is 0 Å². The van der Waals surface area contributed by atoms with E-state index in [9.17, 15) is 9.59 Å². The molecular formula is C5H6NO3. The fourth-order valence-corrected chi connectivity index (χ4v) is 0.260. The second-order valence-electron chi connectivity index (χ2n) is 1.22. The van der Waals surface area contributed by atoms with E-state index < -0.39 is 5.97 Å². The van der Waals surface area contributed by atoms with Gasteiger partial charge in [0.25, 0.3) is 0 Å². The van der Waals surface area contributed by atoms with Crippen molar-refractivity contribution >= 4 is 12.4 Å². The van der Waals surface area contributed by atoms with E-state index in [1.54, 1.807) is 0 Å². The summed E-state index contributed by atoms with van der Waals surface area (Å²) in [6, 6.07) is 0. The van der Waals surface area contributed by atoms with Gasteiger partial charge in [-0.25, -0.2) is 4.79 Å². The van der Waals surface area contributed by atoms with Crippen molar-refractivity contribution in [2.24, 2.45) is 0 Å². The molecule has 0 aliphatic rings. The Morgan fingerprint density at radius 2 is 2.44 bits per heavy atom. The molecule has 0 fully saturated rings. The SMILES string of the molecule is O=[C]NC/C=C/C(=O)O. The van der Waals surface area contributed by atoms with Gasteiger partial charge in [0.2, 0.25) is 0 Å². The van der Waals surface area contributed by atoms with Crippen LogP contribution < -0.4 is 5.32 Å². The summed E-state index contributed by atoms with van der Waals surface area (Å²) in [5.41, 5.74) is 0. The summed E-state index contributed by atoms with van der Waals surface area (Å²) in [5, 5.41) is 10.1. The van der Waals surface area contributed by atoms with Crippen molar-refractivity contribution in [2.75, 3.05) is 6.54 Å². The van der Waals surface area contributed by atoms with Crippen LogP contribution in [-0.4, -0.2) is 24.0 Å². The van der Waals surface area contributed by atoms with E-state index in [-0.39, 0.29) is 6.54 Å². The number of carboxylic acid groups (broad SMARTS) is 1. The average Bonchev–Trinajstić information content (AvgIpc) is 1.80. The van der Waals surface area contributed by atoms with Crippen molar-refractivity contribution in [1.29, 1.82) is 0 Å². The zero-order valence-electron chi connectivity index (χ0n) is 4.63. The highest BCUT2D eigenvalue weighted by molar-refractivity contribution is 5.79. The maximum absolute atomic E-state index is 9.75. The molecule has 1 radical (unpaired) electrons. The number of carbonyl (C=O) groups is 1. The predicted octanol–water partition coefficient (Wildman–Crippen LogP) is -0.716. The van der Waals surface area contributed by atoms with Gasteiger partial charge in [-0.15, -0.1) is 0 Å². The van der Waals surface area contributed by atoms with Gasteiger partial charge in [-0.05, 0) is 0 Å². The standard InChI is InChI=1S/C5H6NO3/c7-4-6-3-1-2-5(8)9/h1-2H,3H2,(H,6,7)(H,8,9)/b2-1+. The maximum Gasteiger partial charge on any atom is 0.328 e. The zero-order chi connectivity index (χ0) is 7.11. The number of carboxylic acids is 1. The fourth-order valence-electron chi connectivity index (χ4n) is 0.260. The highest BCUT2D eigenvalue weighted by Gasteiger charge is 1.82. The quantitative estimate of drug-likeness (QED) is 0.298. The third-order valence-electron chi connectivity index (χ3n) is 0.553. The first kappa shape index (κ1) is 7.68. The summed E-state index contributed by atoms with van der Waals surface area (Å²) >= 11 is 0. The molecule has 1 amide bonds. The molecule has 49 valence electrons. The summed E-state index contributed by atoms with van der Waals surface area (Å²) in [6.45, 7) is 0.204. The van der Waals surface area contributed by atoms with Crippen LogP contribution in [0.5, 0.6) is 0 Å². The zero-order valence-corrected chi connectivity index (χ0v) is 4.63. The minimum absolute atomic E-state index is 0.204. The number of amides is 1. The van der Waals surface area contributed by atoms with Gasteiger partial charge in [0.15, 0.2) is 0 Å². The number of carbonyl (C=O) groups excluding carboxylic acids is 1. The maximum atomic E-state index is 9.75. The van der Waals surface area contributed by atoms with Crippen LogP contribution in [0.1, 0.15) is 0 Å². The molecule has 0 saturated carbocycles. The molecule has 0 aliphatic heterocycles. The molecule has 0 saturated heterocycles. The van der Waals surface area contributed by atoms with E-state index in [1.807, 2.05) is 0 Å². The van der Waals surface area contributed by atoms with E-state index in [0.29, 0.717) is 0 Å². The molecule has 0 spiro atoms. The number of rotatable bonds is 4. The van der Waals surface area contributed by atoms with Crippen LogP contribution in [0.3, 0.4) is 0 Å². The average molecular weight is 128 g/mol.